The van der Waals surface area contributed by atoms with Gasteiger partial charge in [0.2, 0.25) is 0 Å². The molecule has 0 aliphatic heterocycles. The van der Waals surface area contributed by atoms with Crippen LogP contribution in [-0.4, -0.2) is 26.1 Å². The average Bonchev–Trinajstić information content (AvgIpc) is 3.43. The number of Topliss-reactive ketones (excluding diaryl/α,β-unsaturated/α-hetero) is 2. The van der Waals surface area contributed by atoms with E-state index >= 15 is 0 Å². The normalized spacial score (nSPS) is 14.0. The Morgan fingerprint density at radius 3 is 2.31 bits per heavy atom. The Bertz CT molecular complexity index is 1650. The van der Waals surface area contributed by atoms with E-state index in [9.17, 15) is 14.0 Å². The van der Waals surface area contributed by atoms with Gasteiger partial charge in [-0.2, -0.15) is 0 Å². The predicted octanol–water partition coefficient (Wildman–Crippen LogP) is 6.97. The Labute approximate surface area is 207 Å². The summed E-state index contributed by atoms with van der Waals surface area (Å²) < 4.78 is 15.7. The maximum absolute atomic E-state index is 13.7. The summed E-state index contributed by atoms with van der Waals surface area (Å²) in [7, 11) is 0. The number of fused-ring (bicyclic) bond motifs is 2. The standard InChI is InChI=1S/C30H18FNO2Se/c31-20-13-15-24-25(17-20)30(34)26(29(24)33)18-22-14-16-28(35-22)32(21-9-2-1-3-10-21)27-12-6-8-19-7-4-5-11-23(19)27/h1-18H/b26-18+. The Balaban J connectivity index is 1.45. The second-order valence-electron chi connectivity index (χ2n) is 8.25. The number of benzene rings is 4. The Morgan fingerprint density at radius 1 is 0.714 bits per heavy atom. The third-order valence-electron chi connectivity index (χ3n) is 6.10. The maximum atomic E-state index is 13.7. The van der Waals surface area contributed by atoms with Crippen LogP contribution in [-0.2, 0) is 0 Å². The quantitative estimate of drug-likeness (QED) is 0.145. The van der Waals surface area contributed by atoms with Crippen LogP contribution in [0.2, 0.25) is 0 Å². The first-order valence-electron chi connectivity index (χ1n) is 11.1. The van der Waals surface area contributed by atoms with Crippen molar-refractivity contribution in [2.45, 2.75) is 0 Å². The van der Waals surface area contributed by atoms with E-state index in [1.807, 2.05) is 36.4 Å². The summed E-state index contributed by atoms with van der Waals surface area (Å²) >= 11 is -0.152. The van der Waals surface area contributed by atoms with Gasteiger partial charge in [0.05, 0.1) is 0 Å². The Kier molecular flexibility index (Phi) is 5.29. The third-order valence-corrected chi connectivity index (χ3v) is 8.24. The van der Waals surface area contributed by atoms with Gasteiger partial charge in [0.1, 0.15) is 0 Å². The number of allylic oxidation sites excluding steroid dienone is 1. The summed E-state index contributed by atoms with van der Waals surface area (Å²) in [5.74, 6) is -1.28. The SMILES string of the molecule is O=C1/C(=C\c2ccc(N(c3ccccc3)c3cccc4ccccc34)[se]2)C(=O)c2cc(F)ccc21. The molecule has 1 aliphatic carbocycles. The number of rotatable bonds is 4. The van der Waals surface area contributed by atoms with Gasteiger partial charge in [-0.05, 0) is 0 Å². The van der Waals surface area contributed by atoms with Crippen LogP contribution in [0.4, 0.5) is 20.3 Å². The van der Waals surface area contributed by atoms with Gasteiger partial charge >= 0.3 is 208 Å². The van der Waals surface area contributed by atoms with Crippen LogP contribution in [0, 0.1) is 5.82 Å². The van der Waals surface area contributed by atoms with E-state index in [0.29, 0.717) is 0 Å². The summed E-state index contributed by atoms with van der Waals surface area (Å²) in [6.45, 7) is 0. The summed E-state index contributed by atoms with van der Waals surface area (Å²) in [5.41, 5.74) is 2.62. The number of hydrogen-bond donors (Lipinski definition) is 0. The van der Waals surface area contributed by atoms with Crippen LogP contribution in [0.5, 0.6) is 0 Å². The van der Waals surface area contributed by atoms with Crippen molar-refractivity contribution in [2.24, 2.45) is 0 Å². The first-order chi connectivity index (χ1) is 17.1. The molecule has 168 valence electrons. The minimum atomic E-state index is -0.520. The third kappa shape index (κ3) is 3.75. The van der Waals surface area contributed by atoms with Crippen molar-refractivity contribution >= 4 is 58.9 Å². The van der Waals surface area contributed by atoms with Crippen molar-refractivity contribution < 1.29 is 14.0 Å². The molecule has 5 aromatic rings. The van der Waals surface area contributed by atoms with Crippen LogP contribution in [0.1, 0.15) is 25.2 Å². The number of halogens is 1. The molecule has 1 aromatic heterocycles. The van der Waals surface area contributed by atoms with Crippen LogP contribution in [0.15, 0.2) is 109 Å². The fourth-order valence-electron chi connectivity index (χ4n) is 4.47. The van der Waals surface area contributed by atoms with Gasteiger partial charge in [-0.15, -0.1) is 0 Å². The number of carbonyl (C=O) groups is 2. The van der Waals surface area contributed by atoms with Crippen molar-refractivity contribution in [1.29, 1.82) is 0 Å². The van der Waals surface area contributed by atoms with E-state index in [4.69, 9.17) is 0 Å². The zero-order valence-corrected chi connectivity index (χ0v) is 20.2. The second-order valence-corrected chi connectivity index (χ2v) is 10.5. The molecule has 0 bridgehead atoms. The molecule has 1 aliphatic rings. The first kappa shape index (κ1) is 21.5. The summed E-state index contributed by atoms with van der Waals surface area (Å²) in [6.07, 6.45) is 1.68. The molecule has 0 radical (unpaired) electrons. The molecule has 5 heteroatoms. The molecule has 0 N–H and O–H groups in total. The number of hydrogen-bond acceptors (Lipinski definition) is 3. The number of para-hydroxylation sites is 1. The van der Waals surface area contributed by atoms with E-state index in [1.54, 1.807) is 6.08 Å². The van der Waals surface area contributed by atoms with Gasteiger partial charge in [-0.1, -0.05) is 0 Å². The molecular formula is C30H18FNO2Se. The molecular weight excluding hydrogens is 504 g/mol. The second kappa shape index (κ2) is 8.62. The molecule has 3 nitrogen and oxygen atoms in total. The van der Waals surface area contributed by atoms with Crippen molar-refractivity contribution in [2.75, 3.05) is 4.90 Å². The van der Waals surface area contributed by atoms with Crippen molar-refractivity contribution in [3.63, 3.8) is 0 Å². The number of ketones is 2. The molecule has 0 saturated heterocycles. The molecule has 0 amide bonds. The van der Waals surface area contributed by atoms with Gasteiger partial charge in [0.25, 0.3) is 0 Å². The van der Waals surface area contributed by atoms with Crippen LogP contribution >= 0.6 is 0 Å². The molecule has 35 heavy (non-hydrogen) atoms. The topological polar surface area (TPSA) is 37.4 Å². The van der Waals surface area contributed by atoms with Crippen molar-refractivity contribution in [1.82, 2.24) is 0 Å². The van der Waals surface area contributed by atoms with E-state index in [1.165, 1.54) is 12.1 Å². The molecule has 0 spiro atoms. The molecule has 0 atom stereocenters. The zero-order valence-electron chi connectivity index (χ0n) is 18.4. The molecule has 6 rings (SSSR count). The van der Waals surface area contributed by atoms with Crippen LogP contribution < -0.4 is 4.90 Å². The van der Waals surface area contributed by atoms with Gasteiger partial charge in [0, 0.05) is 0 Å². The van der Waals surface area contributed by atoms with Gasteiger partial charge < -0.3 is 0 Å². The molecule has 4 aromatic carbocycles. The summed E-state index contributed by atoms with van der Waals surface area (Å²) in [6, 6.07) is 32.5. The van der Waals surface area contributed by atoms with Crippen molar-refractivity contribution in [3.05, 3.63) is 130 Å². The van der Waals surface area contributed by atoms with Crippen LogP contribution in [0.25, 0.3) is 16.8 Å². The fourth-order valence-corrected chi connectivity index (χ4v) is 6.54. The van der Waals surface area contributed by atoms with E-state index in [2.05, 4.69) is 53.4 Å². The van der Waals surface area contributed by atoms with Crippen LogP contribution in [0.3, 0.4) is 0 Å². The Morgan fingerprint density at radius 2 is 1.46 bits per heavy atom. The van der Waals surface area contributed by atoms with Gasteiger partial charge in [-0.3, -0.25) is 0 Å². The fraction of sp³-hybridized carbons (Fsp3) is 0. The van der Waals surface area contributed by atoms with Gasteiger partial charge in [0.15, 0.2) is 0 Å². The number of carbonyl (C=O) groups excluding carboxylic acids is 2. The number of nitrogens with zero attached hydrogens (tertiary/aromatic N) is 1. The van der Waals surface area contributed by atoms with E-state index in [-0.39, 0.29) is 37.0 Å². The molecule has 1 heterocycles. The molecule has 0 unspecified atom stereocenters. The van der Waals surface area contributed by atoms with E-state index < -0.39 is 11.6 Å². The molecule has 0 saturated carbocycles. The summed E-state index contributed by atoms with van der Waals surface area (Å²) in [4.78, 5) is 27.9. The van der Waals surface area contributed by atoms with E-state index in [0.717, 1.165) is 37.2 Å². The predicted molar refractivity (Wildman–Crippen MR) is 139 cm³/mol. The minimum absolute atomic E-state index is 0.102. The van der Waals surface area contributed by atoms with Crippen molar-refractivity contribution in [3.8, 4) is 0 Å². The Hall–Kier alpha value is -4.05. The first-order valence-corrected chi connectivity index (χ1v) is 12.8. The number of anilines is 3. The average molecular weight is 522 g/mol. The monoisotopic (exact) mass is 523 g/mol. The summed E-state index contributed by atoms with van der Waals surface area (Å²) in [5, 5.41) is 2.29. The van der Waals surface area contributed by atoms with Gasteiger partial charge in [-0.25, -0.2) is 0 Å². The zero-order chi connectivity index (χ0) is 23.9. The molecule has 0 fully saturated rings.